The van der Waals surface area contributed by atoms with Crippen molar-refractivity contribution in [3.8, 4) is 0 Å². The maximum Gasteiger partial charge on any atom is 0.416 e. The summed E-state index contributed by atoms with van der Waals surface area (Å²) in [6, 6.07) is 2.66. The molecule has 2 rings (SSSR count). The summed E-state index contributed by atoms with van der Waals surface area (Å²) in [5, 5.41) is 14.1. The Labute approximate surface area is 158 Å². The first kappa shape index (κ1) is 20.7. The van der Waals surface area contributed by atoms with Crippen molar-refractivity contribution < 1.29 is 18.1 Å². The molecule has 2 aromatic rings. The first-order chi connectivity index (χ1) is 12.6. The number of rotatable bonds is 7. The lowest BCUT2D eigenvalue weighted by Crippen LogP contribution is -2.21. The highest BCUT2D eigenvalue weighted by Crippen LogP contribution is 2.38. The third-order valence-corrected chi connectivity index (χ3v) is 4.07. The highest BCUT2D eigenvalue weighted by molar-refractivity contribution is 6.33. The average molecular weight is 404 g/mol. The van der Waals surface area contributed by atoms with Crippen LogP contribution in [0.4, 0.5) is 36.2 Å². The summed E-state index contributed by atoms with van der Waals surface area (Å²) in [5.41, 5.74) is -1.52. The number of nitrogens with one attached hydrogen (secondary N) is 1. The van der Waals surface area contributed by atoms with Crippen LogP contribution in [-0.4, -0.2) is 28.5 Å². The number of benzene rings is 1. The van der Waals surface area contributed by atoms with Gasteiger partial charge in [0.25, 0.3) is 0 Å². The van der Waals surface area contributed by atoms with Crippen molar-refractivity contribution >= 4 is 34.6 Å². The van der Waals surface area contributed by atoms with E-state index in [0.717, 1.165) is 37.4 Å². The van der Waals surface area contributed by atoms with Gasteiger partial charge in [-0.1, -0.05) is 24.9 Å². The van der Waals surface area contributed by atoms with Crippen LogP contribution in [0.15, 0.2) is 24.5 Å². The van der Waals surface area contributed by atoms with Gasteiger partial charge in [0, 0.05) is 13.6 Å². The molecule has 0 saturated carbocycles. The fourth-order valence-electron chi connectivity index (χ4n) is 2.33. The number of nitro groups is 1. The Morgan fingerprint density at radius 3 is 2.63 bits per heavy atom. The second-order valence-electron chi connectivity index (χ2n) is 5.74. The van der Waals surface area contributed by atoms with Gasteiger partial charge in [0.1, 0.15) is 6.33 Å². The van der Waals surface area contributed by atoms with Gasteiger partial charge >= 0.3 is 11.9 Å². The van der Waals surface area contributed by atoms with E-state index in [0.29, 0.717) is 6.54 Å². The monoisotopic (exact) mass is 403 g/mol. The van der Waals surface area contributed by atoms with Crippen molar-refractivity contribution in [2.75, 3.05) is 23.8 Å². The zero-order valence-corrected chi connectivity index (χ0v) is 15.3. The van der Waals surface area contributed by atoms with Gasteiger partial charge < -0.3 is 10.2 Å². The summed E-state index contributed by atoms with van der Waals surface area (Å²) in [7, 11) is 1.64. The smallest absolute Gasteiger partial charge is 0.354 e. The van der Waals surface area contributed by atoms with Crippen LogP contribution < -0.4 is 10.2 Å². The molecule has 1 N–H and O–H groups in total. The van der Waals surface area contributed by atoms with Gasteiger partial charge in [0.2, 0.25) is 11.6 Å². The maximum absolute atomic E-state index is 12.9. The van der Waals surface area contributed by atoms with E-state index in [1.165, 1.54) is 0 Å². The first-order valence-corrected chi connectivity index (χ1v) is 8.37. The summed E-state index contributed by atoms with van der Waals surface area (Å²) in [5.74, 6) is -0.177. The van der Waals surface area contributed by atoms with E-state index >= 15 is 0 Å². The fourth-order valence-corrected chi connectivity index (χ4v) is 2.50. The predicted octanol–water partition coefficient (Wildman–Crippen LogP) is 5.04. The average Bonchev–Trinajstić information content (AvgIpc) is 2.60. The molecule has 1 heterocycles. The van der Waals surface area contributed by atoms with Crippen LogP contribution >= 0.6 is 11.6 Å². The number of alkyl halides is 3. The minimum absolute atomic E-state index is 0.0307. The number of halogens is 4. The number of aromatic nitrogens is 2. The van der Waals surface area contributed by atoms with E-state index in [-0.39, 0.29) is 22.3 Å². The van der Waals surface area contributed by atoms with E-state index in [2.05, 4.69) is 15.3 Å². The second kappa shape index (κ2) is 8.38. The van der Waals surface area contributed by atoms with Crippen LogP contribution in [0.1, 0.15) is 25.3 Å². The number of anilines is 3. The largest absolute Gasteiger partial charge is 0.416 e. The minimum Gasteiger partial charge on any atom is -0.354 e. The Bertz CT molecular complexity index is 832. The standard InChI is InChI=1S/C16H17ClF3N5O2/c1-3-4-7-24(2)15-13(25(26)27)14(21-9-22-15)23-12-8-10(16(18,19)20)5-6-11(12)17/h5-6,8-9H,3-4,7H2,1-2H3,(H,21,22,23). The molecule has 0 saturated heterocycles. The Balaban J connectivity index is 2.46. The lowest BCUT2D eigenvalue weighted by molar-refractivity contribution is -0.383. The number of unbranched alkanes of at least 4 members (excludes halogenated alkanes) is 1. The van der Waals surface area contributed by atoms with Crippen molar-refractivity contribution in [1.29, 1.82) is 0 Å². The van der Waals surface area contributed by atoms with Gasteiger partial charge in [0.15, 0.2) is 0 Å². The van der Waals surface area contributed by atoms with Crippen molar-refractivity contribution in [2.45, 2.75) is 25.9 Å². The van der Waals surface area contributed by atoms with Crippen LogP contribution in [0.25, 0.3) is 0 Å². The van der Waals surface area contributed by atoms with Crippen molar-refractivity contribution in [1.82, 2.24) is 9.97 Å². The minimum atomic E-state index is -4.58. The molecule has 0 aliphatic carbocycles. The van der Waals surface area contributed by atoms with Crippen LogP contribution in [0.3, 0.4) is 0 Å². The van der Waals surface area contributed by atoms with E-state index in [1.54, 1.807) is 11.9 Å². The summed E-state index contributed by atoms with van der Waals surface area (Å²) < 4.78 is 38.8. The van der Waals surface area contributed by atoms with Crippen LogP contribution in [0.5, 0.6) is 0 Å². The zero-order valence-electron chi connectivity index (χ0n) is 14.5. The normalized spacial score (nSPS) is 11.3. The van der Waals surface area contributed by atoms with E-state index in [9.17, 15) is 23.3 Å². The predicted molar refractivity (Wildman–Crippen MR) is 96.6 cm³/mol. The molecule has 0 spiro atoms. The second-order valence-corrected chi connectivity index (χ2v) is 6.15. The van der Waals surface area contributed by atoms with E-state index in [4.69, 9.17) is 11.6 Å². The van der Waals surface area contributed by atoms with Crippen molar-refractivity contribution in [2.24, 2.45) is 0 Å². The number of nitrogens with zero attached hydrogens (tertiary/aromatic N) is 4. The van der Waals surface area contributed by atoms with Gasteiger partial charge in [0.05, 0.1) is 21.2 Å². The Morgan fingerprint density at radius 2 is 2.04 bits per heavy atom. The van der Waals surface area contributed by atoms with Gasteiger partial charge in [-0.2, -0.15) is 13.2 Å². The molecule has 7 nitrogen and oxygen atoms in total. The molecule has 0 amide bonds. The molecule has 11 heteroatoms. The molecule has 0 unspecified atom stereocenters. The van der Waals surface area contributed by atoms with Crippen molar-refractivity contribution in [3.05, 3.63) is 45.2 Å². The molecule has 146 valence electrons. The molecule has 1 aromatic heterocycles. The molecule has 27 heavy (non-hydrogen) atoms. The van der Waals surface area contributed by atoms with E-state index < -0.39 is 22.4 Å². The molecule has 0 radical (unpaired) electrons. The topological polar surface area (TPSA) is 84.2 Å². The molecule has 0 atom stereocenters. The number of hydrogen-bond acceptors (Lipinski definition) is 6. The molecule has 0 bridgehead atoms. The molecular formula is C16H17ClF3N5O2. The van der Waals surface area contributed by atoms with Crippen LogP contribution in [-0.2, 0) is 6.18 Å². The van der Waals surface area contributed by atoms with Gasteiger partial charge in [-0.25, -0.2) is 9.97 Å². The SMILES string of the molecule is CCCCN(C)c1ncnc(Nc2cc(C(F)(F)F)ccc2Cl)c1[N+](=O)[O-]. The molecule has 0 aliphatic heterocycles. The highest BCUT2D eigenvalue weighted by atomic mass is 35.5. The molecular weight excluding hydrogens is 387 g/mol. The highest BCUT2D eigenvalue weighted by Gasteiger charge is 2.32. The van der Waals surface area contributed by atoms with Crippen LogP contribution in [0.2, 0.25) is 5.02 Å². The molecule has 1 aromatic carbocycles. The summed E-state index contributed by atoms with van der Waals surface area (Å²) in [6.07, 6.45) is -1.80. The quantitative estimate of drug-likeness (QED) is 0.515. The van der Waals surface area contributed by atoms with Crippen molar-refractivity contribution in [3.63, 3.8) is 0 Å². The Hall–Kier alpha value is -2.62. The Morgan fingerprint density at radius 1 is 1.33 bits per heavy atom. The van der Waals surface area contributed by atoms with Gasteiger partial charge in [-0.3, -0.25) is 10.1 Å². The summed E-state index contributed by atoms with van der Waals surface area (Å²) >= 11 is 5.95. The third-order valence-electron chi connectivity index (χ3n) is 3.74. The molecule has 0 aliphatic rings. The fraction of sp³-hybridized carbons (Fsp3) is 0.375. The lowest BCUT2D eigenvalue weighted by atomic mass is 10.2. The zero-order chi connectivity index (χ0) is 20.2. The van der Waals surface area contributed by atoms with Crippen LogP contribution in [0, 0.1) is 10.1 Å². The molecule has 0 fully saturated rings. The third kappa shape index (κ3) is 4.97. The number of hydrogen-bond donors (Lipinski definition) is 1. The van der Waals surface area contributed by atoms with E-state index in [1.807, 2.05) is 6.92 Å². The Kier molecular flexibility index (Phi) is 6.42. The maximum atomic E-state index is 12.9. The summed E-state index contributed by atoms with van der Waals surface area (Å²) in [4.78, 5) is 20.3. The lowest BCUT2D eigenvalue weighted by Gasteiger charge is -2.18. The summed E-state index contributed by atoms with van der Waals surface area (Å²) in [6.45, 7) is 2.50. The van der Waals surface area contributed by atoms with Gasteiger partial charge in [-0.05, 0) is 24.6 Å². The van der Waals surface area contributed by atoms with Gasteiger partial charge in [-0.15, -0.1) is 0 Å². The first-order valence-electron chi connectivity index (χ1n) is 7.99.